The SMILES string of the molecule is COC1=C[C@H]2C(CCN3C(=O)OC(C)(C)[C@@]3(C)O)=CN=C2C=C1. The molecular formula is C17H22N2O4. The lowest BCUT2D eigenvalue weighted by molar-refractivity contribution is -0.126. The molecule has 0 bridgehead atoms. The third kappa shape index (κ3) is 2.47. The Bertz CT molecular complexity index is 656. The summed E-state index contributed by atoms with van der Waals surface area (Å²) in [6.07, 6.45) is 7.80. The van der Waals surface area contributed by atoms with E-state index in [1.54, 1.807) is 27.9 Å². The minimum Gasteiger partial charge on any atom is -0.497 e. The van der Waals surface area contributed by atoms with Crippen molar-refractivity contribution < 1.29 is 19.4 Å². The van der Waals surface area contributed by atoms with E-state index in [1.165, 1.54) is 4.90 Å². The number of hydrogen-bond donors (Lipinski definition) is 1. The lowest BCUT2D eigenvalue weighted by atomic mass is 9.89. The third-order valence-corrected chi connectivity index (χ3v) is 4.94. The van der Waals surface area contributed by atoms with E-state index in [4.69, 9.17) is 9.47 Å². The van der Waals surface area contributed by atoms with Crippen LogP contribution in [0.5, 0.6) is 0 Å². The first-order valence-electron chi connectivity index (χ1n) is 7.70. The van der Waals surface area contributed by atoms with Crippen LogP contribution in [0.15, 0.2) is 40.8 Å². The van der Waals surface area contributed by atoms with E-state index < -0.39 is 17.4 Å². The van der Waals surface area contributed by atoms with Crippen molar-refractivity contribution in [3.8, 4) is 0 Å². The number of aliphatic imine (C=N–C) groups is 1. The molecule has 6 heteroatoms. The van der Waals surface area contributed by atoms with Crippen molar-refractivity contribution in [2.24, 2.45) is 10.9 Å². The van der Waals surface area contributed by atoms with Crippen LogP contribution in [0.4, 0.5) is 4.79 Å². The van der Waals surface area contributed by atoms with Gasteiger partial charge in [0.15, 0.2) is 11.3 Å². The Kier molecular flexibility index (Phi) is 3.59. The Labute approximate surface area is 135 Å². The lowest BCUT2D eigenvalue weighted by Gasteiger charge is -2.35. The summed E-state index contributed by atoms with van der Waals surface area (Å²) in [4.78, 5) is 17.8. The van der Waals surface area contributed by atoms with Gasteiger partial charge in [-0.2, -0.15) is 0 Å². The number of rotatable bonds is 4. The van der Waals surface area contributed by atoms with E-state index in [0.717, 1.165) is 17.0 Å². The number of methoxy groups -OCH3 is 1. The zero-order chi connectivity index (χ0) is 16.8. The van der Waals surface area contributed by atoms with Gasteiger partial charge < -0.3 is 14.6 Å². The second kappa shape index (κ2) is 5.23. The molecule has 3 rings (SSSR count). The molecule has 1 fully saturated rings. The number of amides is 1. The van der Waals surface area contributed by atoms with Crippen LogP contribution in [0.1, 0.15) is 27.2 Å². The molecule has 1 amide bonds. The maximum absolute atomic E-state index is 12.0. The summed E-state index contributed by atoms with van der Waals surface area (Å²) >= 11 is 0. The van der Waals surface area contributed by atoms with Crippen LogP contribution < -0.4 is 0 Å². The van der Waals surface area contributed by atoms with Crippen molar-refractivity contribution in [3.63, 3.8) is 0 Å². The number of hydrogen-bond acceptors (Lipinski definition) is 5. The van der Waals surface area contributed by atoms with Crippen molar-refractivity contribution in [1.29, 1.82) is 0 Å². The molecule has 2 heterocycles. The Balaban J connectivity index is 1.70. The smallest absolute Gasteiger partial charge is 0.412 e. The fraction of sp³-hybridized carbons (Fsp3) is 0.529. The van der Waals surface area contributed by atoms with Crippen LogP contribution in [0, 0.1) is 5.92 Å². The summed E-state index contributed by atoms with van der Waals surface area (Å²) in [5, 5.41) is 10.6. The summed E-state index contributed by atoms with van der Waals surface area (Å²) in [6.45, 7) is 5.40. The molecule has 0 radical (unpaired) electrons. The molecule has 0 aromatic heterocycles. The number of aliphatic hydroxyl groups is 1. The average Bonchev–Trinajstić information content (AvgIpc) is 2.94. The summed E-state index contributed by atoms with van der Waals surface area (Å²) in [5.41, 5.74) is -0.219. The van der Waals surface area contributed by atoms with Crippen LogP contribution in [-0.4, -0.2) is 46.8 Å². The van der Waals surface area contributed by atoms with E-state index in [1.807, 2.05) is 24.4 Å². The van der Waals surface area contributed by atoms with Crippen molar-refractivity contribution >= 4 is 11.8 Å². The topological polar surface area (TPSA) is 71.4 Å². The first kappa shape index (κ1) is 15.8. The monoisotopic (exact) mass is 318 g/mol. The quantitative estimate of drug-likeness (QED) is 0.864. The van der Waals surface area contributed by atoms with Crippen LogP contribution in [0.2, 0.25) is 0 Å². The van der Waals surface area contributed by atoms with E-state index in [0.29, 0.717) is 13.0 Å². The number of cyclic esters (lactones) is 1. The number of ether oxygens (including phenoxy) is 2. The maximum atomic E-state index is 12.0. The van der Waals surface area contributed by atoms with Crippen molar-refractivity contribution in [2.45, 2.75) is 38.5 Å². The van der Waals surface area contributed by atoms with Crippen molar-refractivity contribution in [2.75, 3.05) is 13.7 Å². The summed E-state index contributed by atoms with van der Waals surface area (Å²) < 4.78 is 10.5. The normalized spacial score (nSPS) is 31.3. The van der Waals surface area contributed by atoms with Gasteiger partial charge in [0.05, 0.1) is 12.8 Å². The Morgan fingerprint density at radius 2 is 2.13 bits per heavy atom. The second-order valence-corrected chi connectivity index (χ2v) is 6.64. The molecule has 2 atom stereocenters. The summed E-state index contributed by atoms with van der Waals surface area (Å²) in [6, 6.07) is 0. The molecule has 0 unspecified atom stereocenters. The van der Waals surface area contributed by atoms with E-state index >= 15 is 0 Å². The van der Waals surface area contributed by atoms with Gasteiger partial charge in [-0.15, -0.1) is 0 Å². The fourth-order valence-corrected chi connectivity index (χ4v) is 3.01. The predicted octanol–water partition coefficient (Wildman–Crippen LogP) is 2.37. The first-order valence-corrected chi connectivity index (χ1v) is 7.70. The van der Waals surface area contributed by atoms with Gasteiger partial charge >= 0.3 is 6.09 Å². The van der Waals surface area contributed by atoms with Crippen LogP contribution in [0.25, 0.3) is 0 Å². The van der Waals surface area contributed by atoms with Crippen LogP contribution >= 0.6 is 0 Å². The van der Waals surface area contributed by atoms with Gasteiger partial charge in [-0.05, 0) is 51.0 Å². The molecule has 0 spiro atoms. The number of fused-ring (bicyclic) bond motifs is 1. The first-order chi connectivity index (χ1) is 10.8. The molecule has 1 saturated heterocycles. The Morgan fingerprint density at radius 1 is 1.39 bits per heavy atom. The number of carbonyl (C=O) groups is 1. The molecule has 6 nitrogen and oxygen atoms in total. The lowest BCUT2D eigenvalue weighted by Crippen LogP contribution is -2.53. The highest BCUT2D eigenvalue weighted by molar-refractivity contribution is 6.03. The van der Waals surface area contributed by atoms with Gasteiger partial charge in [0, 0.05) is 18.7 Å². The molecule has 0 aromatic rings. The van der Waals surface area contributed by atoms with Gasteiger partial charge in [0.1, 0.15) is 5.76 Å². The Hall–Kier alpha value is -2.08. The highest BCUT2D eigenvalue weighted by atomic mass is 16.6. The zero-order valence-electron chi connectivity index (χ0n) is 13.9. The van der Waals surface area contributed by atoms with E-state index in [2.05, 4.69) is 4.99 Å². The number of allylic oxidation sites excluding steroid dienone is 3. The molecule has 1 N–H and O–H groups in total. The van der Waals surface area contributed by atoms with E-state index in [9.17, 15) is 9.90 Å². The van der Waals surface area contributed by atoms with Gasteiger partial charge in [0.2, 0.25) is 0 Å². The average molecular weight is 318 g/mol. The predicted molar refractivity (Wildman–Crippen MR) is 85.7 cm³/mol. The molecule has 0 aromatic carbocycles. The molecule has 2 aliphatic heterocycles. The van der Waals surface area contributed by atoms with Gasteiger partial charge in [-0.1, -0.05) is 0 Å². The maximum Gasteiger partial charge on any atom is 0.412 e. The molecule has 124 valence electrons. The number of carbonyl (C=O) groups excluding carboxylic acids is 1. The number of nitrogens with zero attached hydrogens (tertiary/aromatic N) is 2. The molecule has 0 saturated carbocycles. The second-order valence-electron chi connectivity index (χ2n) is 6.64. The fourth-order valence-electron chi connectivity index (χ4n) is 3.01. The highest BCUT2D eigenvalue weighted by Crippen LogP contribution is 2.38. The standard InChI is InChI=1S/C17H22N2O4/c1-16(2)17(3,21)19(15(20)23-16)8-7-11-10-18-14-6-5-12(22-4)9-13(11)14/h5-6,9-10,13,21H,7-8H2,1-4H3/t13-,17+/m0/s1. The zero-order valence-corrected chi connectivity index (χ0v) is 13.9. The Morgan fingerprint density at radius 3 is 2.74 bits per heavy atom. The van der Waals surface area contributed by atoms with E-state index in [-0.39, 0.29) is 5.92 Å². The minimum absolute atomic E-state index is 0.0755. The molecule has 23 heavy (non-hydrogen) atoms. The molecule has 3 aliphatic rings. The van der Waals surface area contributed by atoms with Gasteiger partial charge in [-0.3, -0.25) is 9.89 Å². The third-order valence-electron chi connectivity index (χ3n) is 4.94. The summed E-state index contributed by atoms with van der Waals surface area (Å²) in [7, 11) is 1.64. The van der Waals surface area contributed by atoms with Crippen molar-refractivity contribution in [1.82, 2.24) is 4.90 Å². The minimum atomic E-state index is -1.34. The highest BCUT2D eigenvalue weighted by Gasteiger charge is 2.56. The van der Waals surface area contributed by atoms with Gasteiger partial charge in [-0.25, -0.2) is 4.79 Å². The van der Waals surface area contributed by atoms with Crippen LogP contribution in [0.3, 0.4) is 0 Å². The molecular weight excluding hydrogens is 296 g/mol. The van der Waals surface area contributed by atoms with Crippen molar-refractivity contribution in [3.05, 3.63) is 35.8 Å². The largest absolute Gasteiger partial charge is 0.497 e. The van der Waals surface area contributed by atoms with Gasteiger partial charge in [0.25, 0.3) is 0 Å². The molecule has 1 aliphatic carbocycles. The van der Waals surface area contributed by atoms with Crippen LogP contribution in [-0.2, 0) is 9.47 Å². The summed E-state index contributed by atoms with van der Waals surface area (Å²) in [5.74, 6) is 0.877.